The predicted octanol–water partition coefficient (Wildman–Crippen LogP) is 1.44. The lowest BCUT2D eigenvalue weighted by Crippen LogP contribution is -2.31. The number of hydrogen-bond donors (Lipinski definition) is 1. The zero-order valence-electron chi connectivity index (χ0n) is 7.34. The standard InChI is InChI=1S/C10H14O2/c1-10-5-4-8(11)6-7(10)2-3-9(10)12/h6,9,12H,2-5H2,1H3/t9?,10-/m0/s1. The van der Waals surface area contributed by atoms with Gasteiger partial charge in [-0.1, -0.05) is 12.5 Å². The van der Waals surface area contributed by atoms with Crippen molar-refractivity contribution in [1.29, 1.82) is 0 Å². The monoisotopic (exact) mass is 166 g/mol. The van der Waals surface area contributed by atoms with Gasteiger partial charge in [-0.3, -0.25) is 4.79 Å². The van der Waals surface area contributed by atoms with Gasteiger partial charge in [0.2, 0.25) is 0 Å². The van der Waals surface area contributed by atoms with Gasteiger partial charge in [0.25, 0.3) is 0 Å². The van der Waals surface area contributed by atoms with E-state index in [1.807, 2.05) is 0 Å². The molecule has 1 fully saturated rings. The fourth-order valence-corrected chi connectivity index (χ4v) is 2.32. The topological polar surface area (TPSA) is 37.3 Å². The Kier molecular flexibility index (Phi) is 1.62. The fraction of sp³-hybridized carbons (Fsp3) is 0.700. The van der Waals surface area contributed by atoms with E-state index in [0.717, 1.165) is 19.3 Å². The van der Waals surface area contributed by atoms with Gasteiger partial charge in [0.15, 0.2) is 5.78 Å². The second-order valence-corrected chi connectivity index (χ2v) is 4.11. The molecule has 0 aromatic heterocycles. The van der Waals surface area contributed by atoms with Crippen molar-refractivity contribution in [2.45, 2.75) is 38.7 Å². The molecule has 2 rings (SSSR count). The average molecular weight is 166 g/mol. The first-order valence-corrected chi connectivity index (χ1v) is 4.55. The van der Waals surface area contributed by atoms with E-state index >= 15 is 0 Å². The highest BCUT2D eigenvalue weighted by Gasteiger charge is 2.43. The fourth-order valence-electron chi connectivity index (χ4n) is 2.32. The summed E-state index contributed by atoms with van der Waals surface area (Å²) in [6.45, 7) is 2.07. The van der Waals surface area contributed by atoms with Gasteiger partial charge < -0.3 is 5.11 Å². The summed E-state index contributed by atoms with van der Waals surface area (Å²) in [5.74, 6) is 0.233. The molecule has 2 atom stereocenters. The summed E-state index contributed by atoms with van der Waals surface area (Å²) in [7, 11) is 0. The number of allylic oxidation sites excluding steroid dienone is 1. The van der Waals surface area contributed by atoms with Crippen LogP contribution in [0.3, 0.4) is 0 Å². The van der Waals surface area contributed by atoms with Crippen LogP contribution >= 0.6 is 0 Å². The molecule has 2 nitrogen and oxygen atoms in total. The molecule has 0 aliphatic heterocycles. The quantitative estimate of drug-likeness (QED) is 0.591. The molecule has 0 bridgehead atoms. The summed E-state index contributed by atoms with van der Waals surface area (Å²) >= 11 is 0. The van der Waals surface area contributed by atoms with Gasteiger partial charge in [0.1, 0.15) is 0 Å². The smallest absolute Gasteiger partial charge is 0.155 e. The first-order chi connectivity index (χ1) is 5.63. The third-order valence-corrected chi connectivity index (χ3v) is 3.38. The van der Waals surface area contributed by atoms with Gasteiger partial charge in [0.05, 0.1) is 6.10 Å². The van der Waals surface area contributed by atoms with Crippen molar-refractivity contribution < 1.29 is 9.90 Å². The summed E-state index contributed by atoms with van der Waals surface area (Å²) in [5.41, 5.74) is 1.10. The van der Waals surface area contributed by atoms with Crippen LogP contribution in [0.15, 0.2) is 11.6 Å². The first kappa shape index (κ1) is 7.99. The Morgan fingerprint density at radius 1 is 1.58 bits per heavy atom. The summed E-state index contributed by atoms with van der Waals surface area (Å²) in [6.07, 6.45) is 4.70. The van der Waals surface area contributed by atoms with Gasteiger partial charge in [-0.15, -0.1) is 0 Å². The van der Waals surface area contributed by atoms with E-state index < -0.39 is 0 Å². The van der Waals surface area contributed by atoms with Gasteiger partial charge in [0, 0.05) is 11.8 Å². The molecule has 1 unspecified atom stereocenters. The Labute approximate surface area is 72.3 Å². The molecule has 66 valence electrons. The van der Waals surface area contributed by atoms with Crippen molar-refractivity contribution in [3.05, 3.63) is 11.6 Å². The Morgan fingerprint density at radius 3 is 3.08 bits per heavy atom. The van der Waals surface area contributed by atoms with E-state index in [2.05, 4.69) is 6.92 Å². The van der Waals surface area contributed by atoms with Crippen LogP contribution in [0.25, 0.3) is 0 Å². The van der Waals surface area contributed by atoms with Crippen LogP contribution in [0, 0.1) is 5.41 Å². The normalized spacial score (nSPS) is 41.0. The number of rotatable bonds is 0. The van der Waals surface area contributed by atoms with E-state index in [-0.39, 0.29) is 17.3 Å². The summed E-state index contributed by atoms with van der Waals surface area (Å²) in [6, 6.07) is 0. The third-order valence-electron chi connectivity index (χ3n) is 3.38. The highest BCUT2D eigenvalue weighted by Crippen LogP contribution is 2.48. The molecule has 0 heterocycles. The number of fused-ring (bicyclic) bond motifs is 1. The van der Waals surface area contributed by atoms with Crippen LogP contribution in [0.4, 0.5) is 0 Å². The van der Waals surface area contributed by atoms with Crippen LogP contribution in [0.5, 0.6) is 0 Å². The second kappa shape index (κ2) is 2.43. The third kappa shape index (κ3) is 0.944. The molecular weight excluding hydrogens is 152 g/mol. The molecule has 0 amide bonds. The first-order valence-electron chi connectivity index (χ1n) is 4.55. The van der Waals surface area contributed by atoms with Crippen molar-refractivity contribution in [1.82, 2.24) is 0 Å². The van der Waals surface area contributed by atoms with Crippen molar-refractivity contribution in [2.24, 2.45) is 5.41 Å². The number of ketones is 1. The lowest BCUT2D eigenvalue weighted by molar-refractivity contribution is -0.116. The van der Waals surface area contributed by atoms with Crippen LogP contribution in [-0.4, -0.2) is 17.0 Å². The van der Waals surface area contributed by atoms with Gasteiger partial charge in [-0.2, -0.15) is 0 Å². The number of carbonyl (C=O) groups excluding carboxylic acids is 1. The lowest BCUT2D eigenvalue weighted by atomic mass is 9.74. The molecular formula is C10H14O2. The molecule has 2 aliphatic rings. The highest BCUT2D eigenvalue weighted by atomic mass is 16.3. The van der Waals surface area contributed by atoms with Crippen LogP contribution in [0.1, 0.15) is 32.6 Å². The molecule has 0 spiro atoms. The largest absolute Gasteiger partial charge is 0.392 e. The van der Waals surface area contributed by atoms with E-state index in [9.17, 15) is 9.90 Å². The minimum Gasteiger partial charge on any atom is -0.392 e. The number of hydrogen-bond acceptors (Lipinski definition) is 2. The molecule has 0 saturated heterocycles. The maximum absolute atomic E-state index is 11.1. The van der Waals surface area contributed by atoms with Crippen molar-refractivity contribution in [2.75, 3.05) is 0 Å². The number of aliphatic hydroxyl groups is 1. The second-order valence-electron chi connectivity index (χ2n) is 4.11. The van der Waals surface area contributed by atoms with E-state index in [1.165, 1.54) is 5.57 Å². The van der Waals surface area contributed by atoms with Crippen LogP contribution in [0.2, 0.25) is 0 Å². The zero-order valence-corrected chi connectivity index (χ0v) is 7.34. The van der Waals surface area contributed by atoms with E-state index in [1.54, 1.807) is 6.08 Å². The lowest BCUT2D eigenvalue weighted by Gasteiger charge is -2.32. The predicted molar refractivity (Wildman–Crippen MR) is 45.7 cm³/mol. The zero-order chi connectivity index (χ0) is 8.77. The SMILES string of the molecule is C[C@]12CCC(=O)C=C1CCC2O. The minimum atomic E-state index is -0.225. The van der Waals surface area contributed by atoms with Gasteiger partial charge in [-0.05, 0) is 25.3 Å². The Balaban J connectivity index is 2.37. The highest BCUT2D eigenvalue weighted by molar-refractivity contribution is 5.91. The maximum Gasteiger partial charge on any atom is 0.155 e. The van der Waals surface area contributed by atoms with Crippen molar-refractivity contribution >= 4 is 5.78 Å². The molecule has 1 N–H and O–H groups in total. The van der Waals surface area contributed by atoms with Crippen LogP contribution < -0.4 is 0 Å². The molecule has 0 aromatic rings. The van der Waals surface area contributed by atoms with Crippen molar-refractivity contribution in [3.63, 3.8) is 0 Å². The van der Waals surface area contributed by atoms with Crippen LogP contribution in [-0.2, 0) is 4.79 Å². The van der Waals surface area contributed by atoms with Gasteiger partial charge >= 0.3 is 0 Å². The Bertz CT molecular complexity index is 255. The molecule has 1 saturated carbocycles. The van der Waals surface area contributed by atoms with E-state index in [4.69, 9.17) is 0 Å². The Hall–Kier alpha value is -0.630. The minimum absolute atomic E-state index is 0.0755. The molecule has 0 radical (unpaired) electrons. The van der Waals surface area contributed by atoms with Gasteiger partial charge in [-0.25, -0.2) is 0 Å². The average Bonchev–Trinajstić information content (AvgIpc) is 2.31. The summed E-state index contributed by atoms with van der Waals surface area (Å²) < 4.78 is 0. The molecule has 2 aliphatic carbocycles. The number of carbonyl (C=O) groups is 1. The maximum atomic E-state index is 11.1. The summed E-state index contributed by atoms with van der Waals surface area (Å²) in [5, 5.41) is 9.72. The molecule has 2 heteroatoms. The van der Waals surface area contributed by atoms with Crippen molar-refractivity contribution in [3.8, 4) is 0 Å². The Morgan fingerprint density at radius 2 is 2.33 bits per heavy atom. The summed E-state index contributed by atoms with van der Waals surface area (Å²) in [4.78, 5) is 11.1. The molecule has 0 aromatic carbocycles. The number of aliphatic hydroxyl groups excluding tert-OH is 1. The molecule has 12 heavy (non-hydrogen) atoms. The van der Waals surface area contributed by atoms with E-state index in [0.29, 0.717) is 6.42 Å².